The number of fused-ring (bicyclic) bond motifs is 1. The van der Waals surface area contributed by atoms with Gasteiger partial charge < -0.3 is 4.42 Å². The van der Waals surface area contributed by atoms with Crippen molar-refractivity contribution in [3.8, 4) is 11.1 Å². The van der Waals surface area contributed by atoms with Crippen LogP contribution in [0.2, 0.25) is 0 Å². The summed E-state index contributed by atoms with van der Waals surface area (Å²) in [6.07, 6.45) is -3.08. The number of rotatable bonds is 5. The molecule has 1 fully saturated rings. The quantitative estimate of drug-likeness (QED) is 0.370. The molecule has 0 unspecified atom stereocenters. The monoisotopic (exact) mass is 485 g/mol. The second-order valence-electron chi connectivity index (χ2n) is 8.16. The second-order valence-corrected chi connectivity index (χ2v) is 9.81. The molecule has 1 aliphatic rings. The Morgan fingerprint density at radius 3 is 2.29 bits per heavy atom. The van der Waals surface area contributed by atoms with E-state index in [0.717, 1.165) is 25.0 Å². The maximum atomic E-state index is 13.7. The van der Waals surface area contributed by atoms with Gasteiger partial charge in [-0.2, -0.15) is 13.2 Å². The molecular weight excluding hydrogens is 467 g/mol. The third-order valence-corrected chi connectivity index (χ3v) is 7.12. The second kappa shape index (κ2) is 8.02. The Morgan fingerprint density at radius 1 is 0.941 bits per heavy atom. The number of sulfonamides is 1. The molecule has 1 N–H and O–H groups in total. The van der Waals surface area contributed by atoms with E-state index in [9.17, 15) is 26.4 Å². The van der Waals surface area contributed by atoms with Gasteiger partial charge in [0, 0.05) is 10.9 Å². The van der Waals surface area contributed by atoms with E-state index in [-0.39, 0.29) is 21.8 Å². The van der Waals surface area contributed by atoms with Crippen LogP contribution < -0.4 is 4.72 Å². The summed E-state index contributed by atoms with van der Waals surface area (Å²) in [5.41, 5.74) is 0.477. The molecule has 5 rings (SSSR count). The molecule has 1 saturated carbocycles. The van der Waals surface area contributed by atoms with E-state index in [1.165, 1.54) is 18.2 Å². The first-order chi connectivity index (χ1) is 16.1. The van der Waals surface area contributed by atoms with Crippen LogP contribution in [0.25, 0.3) is 22.1 Å². The highest BCUT2D eigenvalue weighted by Crippen LogP contribution is 2.45. The Bertz CT molecular complexity index is 1500. The molecule has 0 radical (unpaired) electrons. The lowest BCUT2D eigenvalue weighted by Crippen LogP contribution is -2.30. The summed E-state index contributed by atoms with van der Waals surface area (Å²) in [6, 6.07) is 18.4. The third-order valence-electron chi connectivity index (χ3n) is 5.73. The molecule has 0 spiro atoms. The first kappa shape index (κ1) is 22.2. The molecule has 0 atom stereocenters. The molecule has 5 nitrogen and oxygen atoms in total. The van der Waals surface area contributed by atoms with Crippen LogP contribution in [0.5, 0.6) is 0 Å². The molecule has 9 heteroatoms. The van der Waals surface area contributed by atoms with Crippen molar-refractivity contribution in [2.45, 2.75) is 29.8 Å². The van der Waals surface area contributed by atoms with Crippen LogP contribution in [0.4, 0.5) is 13.2 Å². The minimum absolute atomic E-state index is 0.0303. The normalized spacial score (nSPS) is 14.3. The van der Waals surface area contributed by atoms with Crippen LogP contribution in [0.3, 0.4) is 0 Å². The first-order valence-electron chi connectivity index (χ1n) is 10.5. The summed E-state index contributed by atoms with van der Waals surface area (Å²) < 4.78 is 74.4. The summed E-state index contributed by atoms with van der Waals surface area (Å²) in [6.45, 7) is 0. The lowest BCUT2D eigenvalue weighted by atomic mass is 10.0. The molecule has 174 valence electrons. The van der Waals surface area contributed by atoms with Gasteiger partial charge in [-0.05, 0) is 54.2 Å². The maximum absolute atomic E-state index is 13.7. The lowest BCUT2D eigenvalue weighted by Gasteiger charge is -2.11. The van der Waals surface area contributed by atoms with Crippen LogP contribution in [-0.2, 0) is 16.2 Å². The highest BCUT2D eigenvalue weighted by Gasteiger charge is 2.36. The molecule has 3 aromatic carbocycles. The van der Waals surface area contributed by atoms with Crippen molar-refractivity contribution >= 4 is 26.9 Å². The van der Waals surface area contributed by atoms with E-state index in [1.807, 2.05) is 4.72 Å². The Labute approximate surface area is 193 Å². The van der Waals surface area contributed by atoms with E-state index < -0.39 is 33.4 Å². The molecular formula is C25H18F3NO4S. The number of alkyl halides is 3. The van der Waals surface area contributed by atoms with E-state index in [4.69, 9.17) is 4.42 Å². The minimum atomic E-state index is -4.65. The van der Waals surface area contributed by atoms with E-state index in [1.54, 1.807) is 42.5 Å². The molecule has 0 saturated heterocycles. The zero-order chi connectivity index (χ0) is 24.1. The minimum Gasteiger partial charge on any atom is -0.451 e. The molecule has 1 heterocycles. The average molecular weight is 485 g/mol. The Hall–Kier alpha value is -3.59. The van der Waals surface area contributed by atoms with Crippen LogP contribution >= 0.6 is 0 Å². The van der Waals surface area contributed by atoms with Crippen molar-refractivity contribution in [1.29, 1.82) is 0 Å². The smallest absolute Gasteiger partial charge is 0.417 e. The topological polar surface area (TPSA) is 76.4 Å². The van der Waals surface area contributed by atoms with Crippen molar-refractivity contribution in [1.82, 2.24) is 4.72 Å². The largest absolute Gasteiger partial charge is 0.451 e. The van der Waals surface area contributed by atoms with Crippen molar-refractivity contribution in [2.75, 3.05) is 0 Å². The van der Waals surface area contributed by atoms with Gasteiger partial charge in [-0.15, -0.1) is 0 Å². The Balaban J connectivity index is 1.51. The van der Waals surface area contributed by atoms with Crippen molar-refractivity contribution in [2.24, 2.45) is 0 Å². The van der Waals surface area contributed by atoms with Gasteiger partial charge >= 0.3 is 12.1 Å². The highest BCUT2D eigenvalue weighted by molar-refractivity contribution is 7.90. The van der Waals surface area contributed by atoms with Crippen molar-refractivity contribution in [3.05, 3.63) is 89.7 Å². The third kappa shape index (κ3) is 4.19. The number of hydrogen-bond donors (Lipinski definition) is 1. The predicted molar refractivity (Wildman–Crippen MR) is 120 cm³/mol. The predicted octanol–water partition coefficient (Wildman–Crippen LogP) is 6.11. The van der Waals surface area contributed by atoms with E-state index in [2.05, 4.69) is 0 Å². The lowest BCUT2D eigenvalue weighted by molar-refractivity contribution is -0.136. The number of nitrogens with one attached hydrogen (secondary N) is 1. The molecule has 0 aliphatic heterocycles. The van der Waals surface area contributed by atoms with E-state index >= 15 is 0 Å². The number of benzene rings is 3. The summed E-state index contributed by atoms with van der Waals surface area (Å²) in [4.78, 5) is 12.6. The molecule has 0 bridgehead atoms. The maximum Gasteiger partial charge on any atom is 0.417 e. The zero-order valence-corrected chi connectivity index (χ0v) is 18.4. The summed E-state index contributed by atoms with van der Waals surface area (Å²) in [5.74, 6) is -1.64. The van der Waals surface area contributed by atoms with Crippen molar-refractivity contribution in [3.63, 3.8) is 0 Å². The molecule has 1 aromatic heterocycles. The number of hydrogen-bond acceptors (Lipinski definition) is 4. The molecule has 1 aliphatic carbocycles. The number of furan rings is 1. The SMILES string of the molecule is O=C(NS(=O)(=O)c1ccccc1-c1ccccc1)c1cc2c(C(F)(F)F)cc(C3CC3)cc2o1. The van der Waals surface area contributed by atoms with Gasteiger partial charge in [0.05, 0.1) is 10.5 Å². The van der Waals surface area contributed by atoms with Gasteiger partial charge in [-0.25, -0.2) is 13.1 Å². The number of halogens is 3. The standard InChI is InChI=1S/C25H18F3NO4S/c26-25(27,28)20-12-17(15-10-11-15)13-21-19(20)14-22(33-21)24(30)29-34(31,32)23-9-5-4-8-18(23)16-6-2-1-3-7-16/h1-9,12-15H,10-11H2,(H,29,30). The molecule has 4 aromatic rings. The first-order valence-corrected chi connectivity index (χ1v) is 12.0. The average Bonchev–Trinajstić information content (AvgIpc) is 3.56. The summed E-state index contributed by atoms with van der Waals surface area (Å²) in [7, 11) is -4.36. The number of carbonyl (C=O) groups excluding carboxylic acids is 1. The number of amides is 1. The van der Waals surface area contributed by atoms with Crippen LogP contribution in [-0.4, -0.2) is 14.3 Å². The van der Waals surface area contributed by atoms with Crippen LogP contribution in [0, 0.1) is 0 Å². The van der Waals surface area contributed by atoms with E-state index in [0.29, 0.717) is 16.7 Å². The van der Waals surface area contributed by atoms with Gasteiger partial charge in [0.25, 0.3) is 10.0 Å². The summed E-state index contributed by atoms with van der Waals surface area (Å²) in [5, 5.41) is -0.288. The van der Waals surface area contributed by atoms with Gasteiger partial charge in [-0.3, -0.25) is 4.79 Å². The van der Waals surface area contributed by atoms with Gasteiger partial charge in [0.2, 0.25) is 0 Å². The molecule has 34 heavy (non-hydrogen) atoms. The zero-order valence-electron chi connectivity index (χ0n) is 17.6. The fourth-order valence-electron chi connectivity index (χ4n) is 3.94. The fourth-order valence-corrected chi connectivity index (χ4v) is 5.13. The van der Waals surface area contributed by atoms with Gasteiger partial charge in [0.15, 0.2) is 5.76 Å². The Morgan fingerprint density at radius 2 is 1.62 bits per heavy atom. The molecule has 1 amide bonds. The highest BCUT2D eigenvalue weighted by atomic mass is 32.2. The fraction of sp³-hybridized carbons (Fsp3) is 0.160. The Kier molecular flexibility index (Phi) is 5.24. The van der Waals surface area contributed by atoms with Gasteiger partial charge in [0.1, 0.15) is 5.58 Å². The summed E-state index contributed by atoms with van der Waals surface area (Å²) >= 11 is 0. The number of carbonyl (C=O) groups is 1. The van der Waals surface area contributed by atoms with Gasteiger partial charge in [-0.1, -0.05) is 48.5 Å². The van der Waals surface area contributed by atoms with Crippen molar-refractivity contribution < 1.29 is 30.8 Å². The van der Waals surface area contributed by atoms with Crippen LogP contribution in [0.15, 0.2) is 82.1 Å². The van der Waals surface area contributed by atoms with Crippen LogP contribution in [0.1, 0.15) is 40.4 Å².